The Hall–Kier alpha value is -0.810. The molecule has 2 amide bonds. The third kappa shape index (κ3) is 4.63. The van der Waals surface area contributed by atoms with Gasteiger partial charge < -0.3 is 15.7 Å². The molecule has 0 radical (unpaired) electrons. The van der Waals surface area contributed by atoms with Gasteiger partial charge in [-0.25, -0.2) is 4.79 Å². The van der Waals surface area contributed by atoms with Crippen LogP contribution in [0.25, 0.3) is 0 Å². The number of hydrogen-bond acceptors (Lipinski definition) is 3. The van der Waals surface area contributed by atoms with Crippen molar-refractivity contribution >= 4 is 6.03 Å². The van der Waals surface area contributed by atoms with E-state index in [-0.39, 0.29) is 24.6 Å². The highest BCUT2D eigenvalue weighted by molar-refractivity contribution is 5.74. The van der Waals surface area contributed by atoms with Gasteiger partial charge in [0.05, 0.1) is 0 Å². The van der Waals surface area contributed by atoms with E-state index in [1.165, 1.54) is 12.8 Å². The number of rotatable bonds is 7. The Morgan fingerprint density at radius 3 is 2.65 bits per heavy atom. The molecular weight excluding hydrogens is 254 g/mol. The molecule has 116 valence electrons. The number of nitrogens with one attached hydrogen (secondary N) is 2. The van der Waals surface area contributed by atoms with Gasteiger partial charge in [-0.05, 0) is 32.2 Å². The molecule has 2 aliphatic carbocycles. The molecule has 0 bridgehead atoms. The lowest BCUT2D eigenvalue weighted by Crippen LogP contribution is -2.49. The van der Waals surface area contributed by atoms with Gasteiger partial charge in [-0.15, -0.1) is 0 Å². The second kappa shape index (κ2) is 7.84. The molecule has 0 saturated heterocycles. The minimum atomic E-state index is -0.0813. The van der Waals surface area contributed by atoms with Crippen LogP contribution < -0.4 is 10.6 Å². The van der Waals surface area contributed by atoms with Gasteiger partial charge in [0.25, 0.3) is 0 Å². The molecule has 2 aliphatic rings. The number of hydrogen-bond donors (Lipinski definition) is 3. The molecule has 0 heterocycles. The number of nitrogens with zero attached hydrogens (tertiary/aromatic N) is 1. The van der Waals surface area contributed by atoms with Crippen molar-refractivity contribution in [2.45, 2.75) is 57.5 Å². The Morgan fingerprint density at radius 1 is 1.25 bits per heavy atom. The van der Waals surface area contributed by atoms with Crippen LogP contribution in [0.2, 0.25) is 0 Å². The summed E-state index contributed by atoms with van der Waals surface area (Å²) in [5.41, 5.74) is 0. The normalized spacial score (nSPS) is 26.6. The van der Waals surface area contributed by atoms with Crippen LogP contribution in [0.15, 0.2) is 0 Å². The van der Waals surface area contributed by atoms with E-state index < -0.39 is 0 Å². The van der Waals surface area contributed by atoms with Crippen LogP contribution in [0.5, 0.6) is 0 Å². The predicted octanol–water partition coefficient (Wildman–Crippen LogP) is 1.32. The number of aliphatic hydroxyl groups is 1. The maximum absolute atomic E-state index is 11.9. The summed E-state index contributed by atoms with van der Waals surface area (Å²) in [4.78, 5) is 14.3. The summed E-state index contributed by atoms with van der Waals surface area (Å²) in [6.07, 6.45) is 6.93. The lowest BCUT2D eigenvalue weighted by Gasteiger charge is -2.31. The largest absolute Gasteiger partial charge is 0.396 e. The molecule has 0 aromatic carbocycles. The highest BCUT2D eigenvalue weighted by Crippen LogP contribution is 2.26. The monoisotopic (exact) mass is 283 g/mol. The minimum absolute atomic E-state index is 0.0813. The fourth-order valence-electron chi connectivity index (χ4n) is 3.19. The molecule has 2 fully saturated rings. The van der Waals surface area contributed by atoms with E-state index in [1.54, 1.807) is 0 Å². The van der Waals surface area contributed by atoms with Crippen molar-refractivity contribution in [2.24, 2.45) is 5.92 Å². The van der Waals surface area contributed by atoms with Crippen molar-refractivity contribution < 1.29 is 9.90 Å². The molecule has 0 spiro atoms. The standard InChI is InChI=1S/C15H29N3O2/c1-2-18(13-7-8-13)10-9-16-15(20)17-14-6-4-3-5-12(14)11-19/h12-14,19H,2-11H2,1H3,(H2,16,17,20). The second-order valence-electron chi connectivity index (χ2n) is 6.09. The summed E-state index contributed by atoms with van der Waals surface area (Å²) in [5, 5.41) is 15.3. The Balaban J connectivity index is 1.63. The number of likely N-dealkylation sites (N-methyl/N-ethyl adjacent to an activating group) is 1. The Bertz CT molecular complexity index is 307. The molecule has 5 heteroatoms. The first-order valence-electron chi connectivity index (χ1n) is 8.13. The van der Waals surface area contributed by atoms with Crippen LogP contribution in [0.4, 0.5) is 4.79 Å². The first-order chi connectivity index (χ1) is 9.74. The van der Waals surface area contributed by atoms with E-state index in [9.17, 15) is 9.90 Å². The van der Waals surface area contributed by atoms with Gasteiger partial charge in [-0.2, -0.15) is 0 Å². The van der Waals surface area contributed by atoms with Gasteiger partial charge in [0, 0.05) is 37.7 Å². The Kier molecular flexibility index (Phi) is 6.10. The first kappa shape index (κ1) is 15.6. The van der Waals surface area contributed by atoms with E-state index in [0.29, 0.717) is 6.54 Å². The molecule has 0 aromatic rings. The summed E-state index contributed by atoms with van der Waals surface area (Å²) in [6.45, 7) is 5.04. The van der Waals surface area contributed by atoms with Gasteiger partial charge in [0.15, 0.2) is 0 Å². The molecule has 0 aliphatic heterocycles. The van der Waals surface area contributed by atoms with Crippen molar-refractivity contribution in [3.8, 4) is 0 Å². The van der Waals surface area contributed by atoms with Crippen molar-refractivity contribution in [1.29, 1.82) is 0 Å². The maximum atomic E-state index is 11.9. The number of aliphatic hydroxyl groups excluding tert-OH is 1. The minimum Gasteiger partial charge on any atom is -0.396 e. The molecule has 2 unspecified atom stereocenters. The number of urea groups is 1. The highest BCUT2D eigenvalue weighted by Gasteiger charge is 2.28. The van der Waals surface area contributed by atoms with Crippen LogP contribution in [-0.4, -0.2) is 54.4 Å². The molecule has 2 rings (SSSR count). The summed E-state index contributed by atoms with van der Waals surface area (Å²) >= 11 is 0. The molecule has 3 N–H and O–H groups in total. The Morgan fingerprint density at radius 2 is 2.00 bits per heavy atom. The molecule has 0 aromatic heterocycles. The smallest absolute Gasteiger partial charge is 0.315 e. The van der Waals surface area contributed by atoms with Gasteiger partial charge in [-0.3, -0.25) is 4.90 Å². The van der Waals surface area contributed by atoms with Crippen LogP contribution in [0.1, 0.15) is 45.4 Å². The highest BCUT2D eigenvalue weighted by atomic mass is 16.3. The third-order valence-corrected chi connectivity index (χ3v) is 4.61. The van der Waals surface area contributed by atoms with Gasteiger partial charge in [0.2, 0.25) is 0 Å². The fraction of sp³-hybridized carbons (Fsp3) is 0.933. The van der Waals surface area contributed by atoms with E-state index in [1.807, 2.05) is 0 Å². The fourth-order valence-corrected chi connectivity index (χ4v) is 3.19. The second-order valence-corrected chi connectivity index (χ2v) is 6.09. The third-order valence-electron chi connectivity index (χ3n) is 4.61. The zero-order valence-electron chi connectivity index (χ0n) is 12.6. The lowest BCUT2D eigenvalue weighted by atomic mass is 9.85. The van der Waals surface area contributed by atoms with E-state index in [0.717, 1.165) is 44.8 Å². The number of carbonyl (C=O) groups excluding carboxylic acids is 1. The zero-order chi connectivity index (χ0) is 14.4. The van der Waals surface area contributed by atoms with Crippen molar-refractivity contribution in [1.82, 2.24) is 15.5 Å². The zero-order valence-corrected chi connectivity index (χ0v) is 12.6. The van der Waals surface area contributed by atoms with Crippen molar-refractivity contribution in [3.63, 3.8) is 0 Å². The topological polar surface area (TPSA) is 64.6 Å². The SMILES string of the molecule is CCN(CCNC(=O)NC1CCCCC1CO)C1CC1. The van der Waals surface area contributed by atoms with Crippen molar-refractivity contribution in [3.05, 3.63) is 0 Å². The average molecular weight is 283 g/mol. The van der Waals surface area contributed by atoms with Gasteiger partial charge in [0.1, 0.15) is 0 Å². The summed E-state index contributed by atoms with van der Waals surface area (Å²) in [5.74, 6) is 0.230. The molecular formula is C15H29N3O2. The first-order valence-corrected chi connectivity index (χ1v) is 8.13. The van der Waals surface area contributed by atoms with Crippen LogP contribution in [-0.2, 0) is 0 Å². The molecule has 2 atom stereocenters. The maximum Gasteiger partial charge on any atom is 0.315 e. The van der Waals surface area contributed by atoms with E-state index in [2.05, 4.69) is 22.5 Å². The quantitative estimate of drug-likeness (QED) is 0.660. The van der Waals surface area contributed by atoms with Gasteiger partial charge in [-0.1, -0.05) is 19.8 Å². The van der Waals surface area contributed by atoms with Gasteiger partial charge >= 0.3 is 6.03 Å². The number of amides is 2. The van der Waals surface area contributed by atoms with Crippen molar-refractivity contribution in [2.75, 3.05) is 26.2 Å². The average Bonchev–Trinajstić information content (AvgIpc) is 3.29. The lowest BCUT2D eigenvalue weighted by molar-refractivity contribution is 0.153. The predicted molar refractivity (Wildman–Crippen MR) is 79.6 cm³/mol. The molecule has 2 saturated carbocycles. The van der Waals surface area contributed by atoms with Crippen LogP contribution in [0.3, 0.4) is 0 Å². The molecule has 5 nitrogen and oxygen atoms in total. The Labute approximate surface area is 122 Å². The van der Waals surface area contributed by atoms with Crippen LogP contribution >= 0.6 is 0 Å². The van der Waals surface area contributed by atoms with E-state index in [4.69, 9.17) is 0 Å². The van der Waals surface area contributed by atoms with E-state index >= 15 is 0 Å². The van der Waals surface area contributed by atoms with Crippen LogP contribution in [0, 0.1) is 5.92 Å². The summed E-state index contributed by atoms with van der Waals surface area (Å²) < 4.78 is 0. The number of carbonyl (C=O) groups is 1. The summed E-state index contributed by atoms with van der Waals surface area (Å²) in [7, 11) is 0. The molecule has 20 heavy (non-hydrogen) atoms. The summed E-state index contributed by atoms with van der Waals surface area (Å²) in [6, 6.07) is 0.809.